The molecule has 2 rings (SSSR count). The van der Waals surface area contributed by atoms with E-state index in [1.807, 2.05) is 18.2 Å². The summed E-state index contributed by atoms with van der Waals surface area (Å²) in [7, 11) is 1.27. The van der Waals surface area contributed by atoms with Crippen LogP contribution >= 0.6 is 0 Å². The number of hydrogen-bond donors (Lipinski definition) is 1. The van der Waals surface area contributed by atoms with E-state index in [9.17, 15) is 9.59 Å². The number of methoxy groups -OCH3 is 1. The molecule has 0 unspecified atom stereocenters. The van der Waals surface area contributed by atoms with E-state index in [1.54, 1.807) is 19.2 Å². The molecule has 94 valence electrons. The number of carbonyl (C=O) groups excluding carboxylic acids is 2. The van der Waals surface area contributed by atoms with Crippen molar-refractivity contribution in [2.75, 3.05) is 7.11 Å². The zero-order valence-electron chi connectivity index (χ0n) is 10.1. The van der Waals surface area contributed by atoms with Crippen molar-refractivity contribution in [1.82, 2.24) is 15.1 Å². The van der Waals surface area contributed by atoms with Crippen LogP contribution in [0.5, 0.6) is 0 Å². The highest BCUT2D eigenvalue weighted by atomic mass is 16.5. The number of nitrogens with zero attached hydrogens (tertiary/aromatic N) is 2. The van der Waals surface area contributed by atoms with Crippen LogP contribution in [-0.2, 0) is 9.53 Å². The van der Waals surface area contributed by atoms with Crippen LogP contribution in [0.4, 0.5) is 4.79 Å². The minimum absolute atomic E-state index is 0.464. The topological polar surface area (TPSA) is 73.2 Å². The summed E-state index contributed by atoms with van der Waals surface area (Å²) in [6.07, 6.45) is 1.59. The van der Waals surface area contributed by atoms with Crippen molar-refractivity contribution < 1.29 is 14.3 Å². The largest absolute Gasteiger partial charge is 0.467 e. The Morgan fingerprint density at radius 1 is 1.39 bits per heavy atom. The van der Waals surface area contributed by atoms with Crippen molar-refractivity contribution in [3.05, 3.63) is 30.5 Å². The van der Waals surface area contributed by atoms with E-state index in [-0.39, 0.29) is 0 Å². The number of para-hydroxylation sites is 1. The van der Waals surface area contributed by atoms with Gasteiger partial charge in [0.15, 0.2) is 0 Å². The minimum Gasteiger partial charge on any atom is -0.467 e. The third kappa shape index (κ3) is 2.17. The molecule has 6 heteroatoms. The summed E-state index contributed by atoms with van der Waals surface area (Å²) in [5, 5.41) is 7.36. The highest BCUT2D eigenvalue weighted by Crippen LogP contribution is 2.12. The Hall–Kier alpha value is -2.37. The molecule has 0 aliphatic carbocycles. The van der Waals surface area contributed by atoms with E-state index < -0.39 is 18.0 Å². The average Bonchev–Trinajstić information content (AvgIpc) is 2.81. The number of amides is 1. The SMILES string of the molecule is COC(=O)[C@H](C)NC(=O)n1ncc2ccccc21. The summed E-state index contributed by atoms with van der Waals surface area (Å²) in [5.41, 5.74) is 0.687. The van der Waals surface area contributed by atoms with Gasteiger partial charge in [-0.1, -0.05) is 18.2 Å². The van der Waals surface area contributed by atoms with Crippen molar-refractivity contribution in [1.29, 1.82) is 0 Å². The molecule has 0 bridgehead atoms. The molecule has 2 aromatic rings. The number of nitrogens with one attached hydrogen (secondary N) is 1. The second-order valence-corrected chi connectivity index (χ2v) is 3.81. The summed E-state index contributed by atoms with van der Waals surface area (Å²) in [6, 6.07) is 6.14. The van der Waals surface area contributed by atoms with E-state index in [0.29, 0.717) is 5.52 Å². The van der Waals surface area contributed by atoms with Gasteiger partial charge in [-0.05, 0) is 13.0 Å². The maximum atomic E-state index is 11.9. The fraction of sp³-hybridized carbons (Fsp3) is 0.250. The fourth-order valence-electron chi connectivity index (χ4n) is 1.62. The average molecular weight is 247 g/mol. The molecular formula is C12H13N3O3. The van der Waals surface area contributed by atoms with E-state index in [4.69, 9.17) is 0 Å². The summed E-state index contributed by atoms with van der Waals surface area (Å²) >= 11 is 0. The van der Waals surface area contributed by atoms with E-state index >= 15 is 0 Å². The third-order valence-electron chi connectivity index (χ3n) is 2.56. The van der Waals surface area contributed by atoms with Gasteiger partial charge in [-0.15, -0.1) is 0 Å². The van der Waals surface area contributed by atoms with Gasteiger partial charge in [0, 0.05) is 5.39 Å². The highest BCUT2D eigenvalue weighted by molar-refractivity contribution is 5.91. The van der Waals surface area contributed by atoms with Crippen LogP contribution < -0.4 is 5.32 Å². The van der Waals surface area contributed by atoms with Gasteiger partial charge in [0.05, 0.1) is 18.8 Å². The van der Waals surface area contributed by atoms with Crippen molar-refractivity contribution in [3.63, 3.8) is 0 Å². The molecular weight excluding hydrogens is 234 g/mol. The molecule has 0 saturated heterocycles. The van der Waals surface area contributed by atoms with Gasteiger partial charge in [0.25, 0.3) is 0 Å². The Labute approximate surface area is 104 Å². The van der Waals surface area contributed by atoms with E-state index in [0.717, 1.165) is 5.39 Å². The zero-order valence-corrected chi connectivity index (χ0v) is 10.1. The Kier molecular flexibility index (Phi) is 3.27. The van der Waals surface area contributed by atoms with Crippen LogP contribution in [0.2, 0.25) is 0 Å². The van der Waals surface area contributed by atoms with Crippen LogP contribution in [-0.4, -0.2) is 34.9 Å². The third-order valence-corrected chi connectivity index (χ3v) is 2.56. The minimum atomic E-state index is -0.717. The molecule has 1 aromatic heterocycles. The Morgan fingerprint density at radius 2 is 2.11 bits per heavy atom. The molecule has 18 heavy (non-hydrogen) atoms. The van der Waals surface area contributed by atoms with Crippen LogP contribution in [0.1, 0.15) is 6.92 Å². The number of aromatic nitrogens is 2. The lowest BCUT2D eigenvalue weighted by atomic mass is 10.3. The molecule has 0 aliphatic heterocycles. The number of carbonyl (C=O) groups is 2. The number of hydrogen-bond acceptors (Lipinski definition) is 4. The molecule has 0 fully saturated rings. The maximum Gasteiger partial charge on any atom is 0.343 e. The Bertz CT molecular complexity index is 591. The number of fused-ring (bicyclic) bond motifs is 1. The molecule has 1 aromatic carbocycles. The monoisotopic (exact) mass is 247 g/mol. The summed E-state index contributed by atoms with van der Waals surface area (Å²) in [6.45, 7) is 1.55. The van der Waals surface area contributed by atoms with Gasteiger partial charge in [0.2, 0.25) is 0 Å². The molecule has 1 atom stereocenters. The summed E-state index contributed by atoms with van der Waals surface area (Å²) < 4.78 is 5.75. The lowest BCUT2D eigenvalue weighted by Gasteiger charge is -2.11. The number of esters is 1. The van der Waals surface area contributed by atoms with Crippen LogP contribution in [0.25, 0.3) is 10.9 Å². The summed E-state index contributed by atoms with van der Waals surface area (Å²) in [4.78, 5) is 23.1. The molecule has 0 spiro atoms. The molecule has 1 heterocycles. The zero-order chi connectivity index (χ0) is 13.1. The Balaban J connectivity index is 2.21. The van der Waals surface area contributed by atoms with Crippen LogP contribution in [0, 0.1) is 0 Å². The molecule has 0 radical (unpaired) electrons. The van der Waals surface area contributed by atoms with Crippen molar-refractivity contribution in [2.24, 2.45) is 0 Å². The quantitative estimate of drug-likeness (QED) is 0.808. The van der Waals surface area contributed by atoms with Gasteiger partial charge >= 0.3 is 12.0 Å². The first-order valence-corrected chi connectivity index (χ1v) is 5.45. The van der Waals surface area contributed by atoms with E-state index in [1.165, 1.54) is 11.8 Å². The maximum absolute atomic E-state index is 11.9. The van der Waals surface area contributed by atoms with Crippen molar-refractivity contribution >= 4 is 22.9 Å². The summed E-state index contributed by atoms with van der Waals surface area (Å²) in [5.74, 6) is -0.500. The van der Waals surface area contributed by atoms with Gasteiger partial charge in [0.1, 0.15) is 6.04 Å². The van der Waals surface area contributed by atoms with Crippen LogP contribution in [0.15, 0.2) is 30.5 Å². The van der Waals surface area contributed by atoms with E-state index in [2.05, 4.69) is 15.2 Å². The van der Waals surface area contributed by atoms with Crippen molar-refractivity contribution in [2.45, 2.75) is 13.0 Å². The van der Waals surface area contributed by atoms with Gasteiger partial charge in [-0.2, -0.15) is 9.78 Å². The first kappa shape index (κ1) is 12.1. The smallest absolute Gasteiger partial charge is 0.343 e. The van der Waals surface area contributed by atoms with Gasteiger partial charge in [-0.25, -0.2) is 9.59 Å². The van der Waals surface area contributed by atoms with Gasteiger partial charge < -0.3 is 10.1 Å². The molecule has 0 saturated carbocycles. The highest BCUT2D eigenvalue weighted by Gasteiger charge is 2.18. The fourth-order valence-corrected chi connectivity index (χ4v) is 1.62. The molecule has 6 nitrogen and oxygen atoms in total. The second-order valence-electron chi connectivity index (χ2n) is 3.81. The van der Waals surface area contributed by atoms with Crippen LogP contribution in [0.3, 0.4) is 0 Å². The first-order valence-electron chi connectivity index (χ1n) is 5.45. The lowest BCUT2D eigenvalue weighted by molar-refractivity contribution is -0.142. The first-order chi connectivity index (χ1) is 8.63. The number of benzene rings is 1. The predicted octanol–water partition coefficient (Wildman–Crippen LogP) is 1.16. The second kappa shape index (κ2) is 4.87. The lowest BCUT2D eigenvalue weighted by Crippen LogP contribution is -2.41. The number of ether oxygens (including phenoxy) is 1. The standard InChI is InChI=1S/C12H13N3O3/c1-8(11(16)18-2)14-12(17)15-10-6-4-3-5-9(10)7-13-15/h3-8H,1-2H3,(H,14,17)/t8-/m0/s1. The molecule has 1 amide bonds. The number of rotatable bonds is 2. The van der Waals surface area contributed by atoms with Gasteiger partial charge in [-0.3, -0.25) is 0 Å². The molecule has 0 aliphatic rings. The molecule has 1 N–H and O–H groups in total. The van der Waals surface area contributed by atoms with Crippen molar-refractivity contribution in [3.8, 4) is 0 Å². The Morgan fingerprint density at radius 3 is 2.83 bits per heavy atom. The normalized spacial score (nSPS) is 12.1. The predicted molar refractivity (Wildman–Crippen MR) is 65.1 cm³/mol.